The predicted octanol–water partition coefficient (Wildman–Crippen LogP) is 4.25. The molecule has 0 bridgehead atoms. The molecule has 0 aliphatic heterocycles. The van der Waals surface area contributed by atoms with Crippen LogP contribution in [0.15, 0.2) is 48.5 Å². The van der Waals surface area contributed by atoms with E-state index in [9.17, 15) is 22.4 Å². The summed E-state index contributed by atoms with van der Waals surface area (Å²) in [6.07, 6.45) is 6.55. The number of carbonyl (C=O) groups excluding carboxylic acids is 2. The highest BCUT2D eigenvalue weighted by Crippen LogP contribution is 2.21. The van der Waals surface area contributed by atoms with E-state index in [0.29, 0.717) is 11.4 Å². The molecular weight excluding hydrogens is 509 g/mol. The molecule has 2 aromatic carbocycles. The molecule has 2 aromatic rings. The van der Waals surface area contributed by atoms with Crippen LogP contribution in [-0.2, 0) is 26.2 Å². The lowest BCUT2D eigenvalue weighted by Crippen LogP contribution is -2.50. The SMILES string of the molecule is COc1cccc(CN(C(=O)CCCN(c2ccc(F)cc2)S(C)(=O)=O)C(C)C(=O)NC2CCCCC2)c1. The number of nitrogens with zero attached hydrogens (tertiary/aromatic N) is 2. The fourth-order valence-corrected chi connectivity index (χ4v) is 5.70. The standard InChI is InChI=1S/C28H38FN3O5S/c1-21(28(34)30-24-10-5-4-6-11-24)31(20-22-9-7-12-26(19-22)37-2)27(33)13-8-18-32(38(3,35)36)25-16-14-23(29)15-17-25/h7,9,12,14-17,19,21,24H,4-6,8,10-11,13,18,20H2,1-3H3,(H,30,34). The first-order valence-corrected chi connectivity index (χ1v) is 14.9. The lowest BCUT2D eigenvalue weighted by molar-refractivity contribution is -0.141. The van der Waals surface area contributed by atoms with E-state index in [1.165, 1.54) is 35.6 Å². The maximum absolute atomic E-state index is 13.4. The lowest BCUT2D eigenvalue weighted by Gasteiger charge is -2.31. The van der Waals surface area contributed by atoms with Crippen molar-refractivity contribution in [2.24, 2.45) is 0 Å². The summed E-state index contributed by atoms with van der Waals surface area (Å²) in [5.41, 5.74) is 1.15. The molecule has 1 atom stereocenters. The third-order valence-electron chi connectivity index (χ3n) is 6.87. The van der Waals surface area contributed by atoms with Crippen LogP contribution in [0.5, 0.6) is 5.75 Å². The monoisotopic (exact) mass is 547 g/mol. The van der Waals surface area contributed by atoms with Crippen molar-refractivity contribution in [3.05, 3.63) is 59.9 Å². The van der Waals surface area contributed by atoms with Gasteiger partial charge in [-0.15, -0.1) is 0 Å². The second kappa shape index (κ2) is 13.6. The Morgan fingerprint density at radius 2 is 1.79 bits per heavy atom. The zero-order valence-electron chi connectivity index (χ0n) is 22.4. The summed E-state index contributed by atoms with van der Waals surface area (Å²) < 4.78 is 44.6. The molecule has 0 spiro atoms. The van der Waals surface area contributed by atoms with Gasteiger partial charge in [-0.05, 0) is 68.1 Å². The number of rotatable bonds is 12. The number of halogens is 1. The van der Waals surface area contributed by atoms with Crippen LogP contribution in [0.2, 0.25) is 0 Å². The Kier molecular flexibility index (Phi) is 10.5. The molecule has 38 heavy (non-hydrogen) atoms. The third-order valence-corrected chi connectivity index (χ3v) is 8.07. The van der Waals surface area contributed by atoms with Gasteiger partial charge in [0.15, 0.2) is 0 Å². The summed E-state index contributed by atoms with van der Waals surface area (Å²) in [5, 5.41) is 3.11. The van der Waals surface area contributed by atoms with Crippen molar-refractivity contribution < 1.29 is 27.1 Å². The predicted molar refractivity (Wildman–Crippen MR) is 146 cm³/mol. The Bertz CT molecular complexity index is 1180. The normalized spacial score (nSPS) is 14.9. The zero-order valence-corrected chi connectivity index (χ0v) is 23.2. The minimum Gasteiger partial charge on any atom is -0.497 e. The maximum Gasteiger partial charge on any atom is 0.242 e. The Labute approximate surface area is 225 Å². The van der Waals surface area contributed by atoms with Crippen LogP contribution < -0.4 is 14.4 Å². The Morgan fingerprint density at radius 3 is 2.42 bits per heavy atom. The number of methoxy groups -OCH3 is 1. The van der Waals surface area contributed by atoms with E-state index < -0.39 is 21.9 Å². The maximum atomic E-state index is 13.4. The van der Waals surface area contributed by atoms with Crippen LogP contribution >= 0.6 is 0 Å². The summed E-state index contributed by atoms with van der Waals surface area (Å²) in [6.45, 7) is 1.98. The molecule has 0 radical (unpaired) electrons. The number of nitrogens with one attached hydrogen (secondary N) is 1. The number of carbonyl (C=O) groups is 2. The zero-order chi connectivity index (χ0) is 27.7. The van der Waals surface area contributed by atoms with E-state index in [1.807, 2.05) is 24.3 Å². The van der Waals surface area contributed by atoms with E-state index in [4.69, 9.17) is 4.74 Å². The first kappa shape index (κ1) is 29.4. The van der Waals surface area contributed by atoms with Gasteiger partial charge in [-0.1, -0.05) is 31.4 Å². The number of benzene rings is 2. The Morgan fingerprint density at radius 1 is 1.11 bits per heavy atom. The van der Waals surface area contributed by atoms with Crippen molar-refractivity contribution in [2.75, 3.05) is 24.2 Å². The van der Waals surface area contributed by atoms with Gasteiger partial charge in [0.25, 0.3) is 0 Å². The number of hydrogen-bond donors (Lipinski definition) is 1. The van der Waals surface area contributed by atoms with Gasteiger partial charge in [-0.3, -0.25) is 13.9 Å². The van der Waals surface area contributed by atoms with E-state index in [-0.39, 0.29) is 43.8 Å². The molecule has 1 N–H and O–H groups in total. The number of hydrogen-bond acceptors (Lipinski definition) is 5. The molecular formula is C28H38FN3O5S. The molecule has 1 fully saturated rings. The molecule has 0 aromatic heterocycles. The van der Waals surface area contributed by atoms with Crippen molar-refractivity contribution in [1.29, 1.82) is 0 Å². The fourth-order valence-electron chi connectivity index (χ4n) is 4.73. The van der Waals surface area contributed by atoms with E-state index in [2.05, 4.69) is 5.32 Å². The van der Waals surface area contributed by atoms with Gasteiger partial charge >= 0.3 is 0 Å². The number of anilines is 1. The molecule has 0 heterocycles. The minimum absolute atomic E-state index is 0.0399. The van der Waals surface area contributed by atoms with E-state index in [1.54, 1.807) is 14.0 Å². The van der Waals surface area contributed by atoms with Gasteiger partial charge in [0.1, 0.15) is 17.6 Å². The van der Waals surface area contributed by atoms with Gasteiger partial charge < -0.3 is 15.0 Å². The average Bonchev–Trinajstić information content (AvgIpc) is 2.90. The van der Waals surface area contributed by atoms with Crippen molar-refractivity contribution in [3.63, 3.8) is 0 Å². The van der Waals surface area contributed by atoms with Crippen molar-refractivity contribution >= 4 is 27.5 Å². The van der Waals surface area contributed by atoms with E-state index >= 15 is 0 Å². The molecule has 1 saturated carbocycles. The second-order valence-electron chi connectivity index (χ2n) is 9.81. The summed E-state index contributed by atoms with van der Waals surface area (Å²) in [4.78, 5) is 28.1. The van der Waals surface area contributed by atoms with Gasteiger partial charge in [-0.2, -0.15) is 0 Å². The Hall–Kier alpha value is -3.14. The fraction of sp³-hybridized carbons (Fsp3) is 0.500. The third kappa shape index (κ3) is 8.44. The van der Waals surface area contributed by atoms with Gasteiger partial charge in [-0.25, -0.2) is 12.8 Å². The molecule has 1 unspecified atom stereocenters. The van der Waals surface area contributed by atoms with Crippen LogP contribution in [0, 0.1) is 5.82 Å². The highest BCUT2D eigenvalue weighted by Gasteiger charge is 2.28. The van der Waals surface area contributed by atoms with E-state index in [0.717, 1.165) is 41.8 Å². The number of amides is 2. The van der Waals surface area contributed by atoms with Crippen molar-refractivity contribution in [2.45, 2.75) is 70.5 Å². The van der Waals surface area contributed by atoms with Gasteiger partial charge in [0, 0.05) is 25.6 Å². The largest absolute Gasteiger partial charge is 0.497 e. The second-order valence-corrected chi connectivity index (χ2v) is 11.7. The first-order valence-electron chi connectivity index (χ1n) is 13.0. The van der Waals surface area contributed by atoms with Crippen molar-refractivity contribution in [1.82, 2.24) is 10.2 Å². The van der Waals surface area contributed by atoms with Crippen molar-refractivity contribution in [3.8, 4) is 5.75 Å². The summed E-state index contributed by atoms with van der Waals surface area (Å²) in [6, 6.07) is 11.9. The highest BCUT2D eigenvalue weighted by molar-refractivity contribution is 7.92. The Balaban J connectivity index is 1.72. The molecule has 3 rings (SSSR count). The average molecular weight is 548 g/mol. The molecule has 1 aliphatic carbocycles. The van der Waals surface area contributed by atoms with Crippen LogP contribution in [-0.4, -0.2) is 57.1 Å². The topological polar surface area (TPSA) is 96.0 Å². The van der Waals surface area contributed by atoms with Gasteiger partial charge in [0.2, 0.25) is 21.8 Å². The molecule has 0 saturated heterocycles. The summed E-state index contributed by atoms with van der Waals surface area (Å²) >= 11 is 0. The van der Waals surface area contributed by atoms with Crippen LogP contribution in [0.4, 0.5) is 10.1 Å². The lowest BCUT2D eigenvalue weighted by atomic mass is 9.95. The minimum atomic E-state index is -3.64. The van der Waals surface area contributed by atoms with Crippen LogP contribution in [0.1, 0.15) is 57.4 Å². The number of ether oxygens (including phenoxy) is 1. The molecule has 10 heteroatoms. The van der Waals surface area contributed by atoms with Crippen LogP contribution in [0.25, 0.3) is 0 Å². The molecule has 8 nitrogen and oxygen atoms in total. The molecule has 1 aliphatic rings. The molecule has 2 amide bonds. The smallest absolute Gasteiger partial charge is 0.242 e. The van der Waals surface area contributed by atoms with Gasteiger partial charge in [0.05, 0.1) is 19.1 Å². The quantitative estimate of drug-likeness (QED) is 0.429. The molecule has 208 valence electrons. The summed E-state index contributed by atoms with van der Waals surface area (Å²) in [5.74, 6) is -0.271. The summed E-state index contributed by atoms with van der Waals surface area (Å²) in [7, 11) is -2.08. The van der Waals surface area contributed by atoms with Crippen LogP contribution in [0.3, 0.4) is 0 Å². The first-order chi connectivity index (χ1) is 18.1. The highest BCUT2D eigenvalue weighted by atomic mass is 32.2. The number of sulfonamides is 1.